The van der Waals surface area contributed by atoms with Crippen molar-refractivity contribution in [2.24, 2.45) is 5.92 Å². The van der Waals surface area contributed by atoms with Gasteiger partial charge in [-0.2, -0.15) is 0 Å². The van der Waals surface area contributed by atoms with Gasteiger partial charge in [0.05, 0.1) is 25.7 Å². The molecule has 158 valence electrons. The molecule has 2 aliphatic heterocycles. The molecule has 0 unspecified atom stereocenters. The lowest BCUT2D eigenvalue weighted by Crippen LogP contribution is -2.42. The average molecular weight is 402 g/mol. The molecule has 0 saturated carbocycles. The van der Waals surface area contributed by atoms with Crippen molar-refractivity contribution in [3.05, 3.63) is 24.3 Å². The molecular weight excluding hydrogens is 372 g/mol. The number of hydrogen-bond acceptors (Lipinski definition) is 5. The Hall–Kier alpha value is -2.45. The molecule has 0 radical (unpaired) electrons. The normalized spacial score (nSPS) is 20.6. The zero-order valence-electron chi connectivity index (χ0n) is 17.4. The maximum atomic E-state index is 12.6. The van der Waals surface area contributed by atoms with E-state index in [-0.39, 0.29) is 35.6 Å². The van der Waals surface area contributed by atoms with E-state index >= 15 is 0 Å². The molecule has 3 rings (SSSR count). The van der Waals surface area contributed by atoms with Gasteiger partial charge in [0.1, 0.15) is 0 Å². The number of carbonyl (C=O) groups is 3. The summed E-state index contributed by atoms with van der Waals surface area (Å²) in [5, 5.41) is 5.75. The van der Waals surface area contributed by atoms with Crippen molar-refractivity contribution in [2.45, 2.75) is 32.7 Å². The van der Waals surface area contributed by atoms with Gasteiger partial charge in [-0.3, -0.25) is 19.3 Å². The molecule has 2 fully saturated rings. The van der Waals surface area contributed by atoms with Crippen LogP contribution in [0.25, 0.3) is 0 Å². The van der Waals surface area contributed by atoms with Crippen LogP contribution in [-0.4, -0.2) is 72.5 Å². The minimum Gasteiger partial charge on any atom is -0.379 e. The van der Waals surface area contributed by atoms with Crippen LogP contribution >= 0.6 is 0 Å². The number of carbonyl (C=O) groups excluding carboxylic acids is 3. The third-order valence-electron chi connectivity index (χ3n) is 5.19. The Bertz CT molecular complexity index is 768. The summed E-state index contributed by atoms with van der Waals surface area (Å²) < 4.78 is 5.29. The van der Waals surface area contributed by atoms with E-state index in [1.165, 1.54) is 0 Å². The van der Waals surface area contributed by atoms with E-state index in [0.717, 1.165) is 13.1 Å². The molecular formula is C21H30N4O4. The lowest BCUT2D eigenvalue weighted by Gasteiger charge is -2.31. The van der Waals surface area contributed by atoms with Gasteiger partial charge in [-0.05, 0) is 39.0 Å². The van der Waals surface area contributed by atoms with Crippen LogP contribution in [-0.2, 0) is 19.1 Å². The average Bonchev–Trinajstić information content (AvgIpc) is 3.05. The van der Waals surface area contributed by atoms with Gasteiger partial charge in [-0.25, -0.2) is 0 Å². The van der Waals surface area contributed by atoms with Crippen molar-refractivity contribution < 1.29 is 19.1 Å². The first-order valence-corrected chi connectivity index (χ1v) is 10.0. The van der Waals surface area contributed by atoms with E-state index in [1.807, 2.05) is 25.7 Å². The second-order valence-electron chi connectivity index (χ2n) is 8.58. The number of ether oxygens (including phenoxy) is 1. The highest BCUT2D eigenvalue weighted by molar-refractivity contribution is 5.98. The molecule has 2 aliphatic rings. The monoisotopic (exact) mass is 402 g/mol. The number of morpholine rings is 1. The summed E-state index contributed by atoms with van der Waals surface area (Å²) >= 11 is 0. The Kier molecular flexibility index (Phi) is 6.54. The summed E-state index contributed by atoms with van der Waals surface area (Å²) in [7, 11) is 0. The van der Waals surface area contributed by atoms with Crippen molar-refractivity contribution in [1.29, 1.82) is 0 Å². The van der Waals surface area contributed by atoms with Crippen LogP contribution in [0.5, 0.6) is 0 Å². The molecule has 0 spiro atoms. The van der Waals surface area contributed by atoms with Gasteiger partial charge < -0.3 is 20.3 Å². The van der Waals surface area contributed by atoms with E-state index in [0.29, 0.717) is 37.7 Å². The predicted molar refractivity (Wildman–Crippen MR) is 111 cm³/mol. The quantitative estimate of drug-likeness (QED) is 0.780. The lowest BCUT2D eigenvalue weighted by molar-refractivity contribution is -0.131. The molecule has 1 aromatic rings. The van der Waals surface area contributed by atoms with Crippen LogP contribution in [0.2, 0.25) is 0 Å². The molecule has 2 saturated heterocycles. The zero-order chi connectivity index (χ0) is 21.0. The van der Waals surface area contributed by atoms with E-state index in [1.54, 1.807) is 29.2 Å². The molecule has 8 nitrogen and oxygen atoms in total. The minimum absolute atomic E-state index is 0.00165. The molecule has 1 aromatic carbocycles. The number of benzene rings is 1. The van der Waals surface area contributed by atoms with Crippen molar-refractivity contribution in [3.8, 4) is 0 Å². The summed E-state index contributed by atoms with van der Waals surface area (Å²) in [4.78, 5) is 40.9. The molecule has 3 amide bonds. The van der Waals surface area contributed by atoms with Crippen LogP contribution in [0.15, 0.2) is 24.3 Å². The topological polar surface area (TPSA) is 91.0 Å². The Morgan fingerprint density at radius 2 is 1.79 bits per heavy atom. The first kappa shape index (κ1) is 21.3. The molecule has 0 bridgehead atoms. The zero-order valence-corrected chi connectivity index (χ0v) is 17.4. The Morgan fingerprint density at radius 3 is 2.41 bits per heavy atom. The molecule has 1 atom stereocenters. The Morgan fingerprint density at radius 1 is 1.14 bits per heavy atom. The maximum Gasteiger partial charge on any atom is 0.238 e. The largest absolute Gasteiger partial charge is 0.379 e. The Balaban J connectivity index is 1.55. The second kappa shape index (κ2) is 8.92. The van der Waals surface area contributed by atoms with Gasteiger partial charge >= 0.3 is 0 Å². The van der Waals surface area contributed by atoms with Crippen molar-refractivity contribution in [3.63, 3.8) is 0 Å². The van der Waals surface area contributed by atoms with Gasteiger partial charge in [0.2, 0.25) is 17.7 Å². The van der Waals surface area contributed by atoms with E-state index < -0.39 is 0 Å². The molecule has 0 aromatic heterocycles. The molecule has 29 heavy (non-hydrogen) atoms. The third kappa shape index (κ3) is 5.77. The number of rotatable bonds is 5. The number of likely N-dealkylation sites (tertiary alicyclic amines) is 1. The standard InChI is InChI=1S/C21H30N4O4/c1-21(2,3)25-13-15(11-19(25)27)20(28)23-17-6-4-5-16(12-17)22-18(26)14-24-7-9-29-10-8-24/h4-6,12,15H,7-11,13-14H2,1-3H3,(H,22,26)(H,23,28)/t15-/m0/s1. The van der Waals surface area contributed by atoms with Gasteiger partial charge in [0.25, 0.3) is 0 Å². The highest BCUT2D eigenvalue weighted by Crippen LogP contribution is 2.27. The second-order valence-corrected chi connectivity index (χ2v) is 8.58. The highest BCUT2D eigenvalue weighted by Gasteiger charge is 2.39. The minimum atomic E-state index is -0.374. The van der Waals surface area contributed by atoms with Crippen LogP contribution < -0.4 is 10.6 Å². The summed E-state index contributed by atoms with van der Waals surface area (Å²) in [5.74, 6) is -0.650. The smallest absolute Gasteiger partial charge is 0.238 e. The number of anilines is 2. The van der Waals surface area contributed by atoms with Gasteiger partial charge in [-0.1, -0.05) is 6.07 Å². The maximum absolute atomic E-state index is 12.6. The number of hydrogen-bond donors (Lipinski definition) is 2. The van der Waals surface area contributed by atoms with Crippen molar-refractivity contribution >= 4 is 29.1 Å². The predicted octanol–water partition coefficient (Wildman–Crippen LogP) is 1.54. The molecule has 2 heterocycles. The number of nitrogens with zero attached hydrogens (tertiary/aromatic N) is 2. The first-order valence-electron chi connectivity index (χ1n) is 10.0. The van der Waals surface area contributed by atoms with Crippen molar-refractivity contribution in [2.75, 3.05) is 50.0 Å². The fourth-order valence-electron chi connectivity index (χ4n) is 3.61. The van der Waals surface area contributed by atoms with Gasteiger partial charge in [-0.15, -0.1) is 0 Å². The fourth-order valence-corrected chi connectivity index (χ4v) is 3.61. The molecule has 0 aliphatic carbocycles. The molecule has 2 N–H and O–H groups in total. The van der Waals surface area contributed by atoms with Crippen LogP contribution in [0.1, 0.15) is 27.2 Å². The number of nitrogens with one attached hydrogen (secondary N) is 2. The van der Waals surface area contributed by atoms with Crippen LogP contribution in [0.4, 0.5) is 11.4 Å². The summed E-state index contributed by atoms with van der Waals surface area (Å²) in [5.41, 5.74) is 0.928. The molecule has 8 heteroatoms. The van der Waals surface area contributed by atoms with Gasteiger partial charge in [0.15, 0.2) is 0 Å². The SMILES string of the molecule is CC(C)(C)N1C[C@@H](C(=O)Nc2cccc(NC(=O)CN3CCOCC3)c2)CC1=O. The van der Waals surface area contributed by atoms with Crippen molar-refractivity contribution in [1.82, 2.24) is 9.80 Å². The van der Waals surface area contributed by atoms with Crippen LogP contribution in [0, 0.1) is 5.92 Å². The highest BCUT2D eigenvalue weighted by atomic mass is 16.5. The van der Waals surface area contributed by atoms with E-state index in [9.17, 15) is 14.4 Å². The fraction of sp³-hybridized carbons (Fsp3) is 0.571. The van der Waals surface area contributed by atoms with E-state index in [2.05, 4.69) is 10.6 Å². The van der Waals surface area contributed by atoms with E-state index in [4.69, 9.17) is 4.74 Å². The lowest BCUT2D eigenvalue weighted by atomic mass is 10.1. The Labute approximate surface area is 171 Å². The van der Waals surface area contributed by atoms with Gasteiger partial charge in [0, 0.05) is 43.0 Å². The van der Waals surface area contributed by atoms with Crippen LogP contribution in [0.3, 0.4) is 0 Å². The summed E-state index contributed by atoms with van der Waals surface area (Å²) in [6.45, 7) is 9.41. The summed E-state index contributed by atoms with van der Waals surface area (Å²) in [6.07, 6.45) is 0.221. The first-order chi connectivity index (χ1) is 13.7. The number of amides is 3. The third-order valence-corrected chi connectivity index (χ3v) is 5.19. The summed E-state index contributed by atoms with van der Waals surface area (Å²) in [6, 6.07) is 7.07.